The molecule has 0 unspecified atom stereocenters. The molecule has 0 aliphatic carbocycles. The molecule has 0 fully saturated rings. The Bertz CT molecular complexity index is 730. The van der Waals surface area contributed by atoms with E-state index in [9.17, 15) is 9.59 Å². The largest absolute Gasteiger partial charge is 0.494 e. The van der Waals surface area contributed by atoms with Crippen molar-refractivity contribution >= 4 is 35.0 Å². The first kappa shape index (κ1) is 20.8. The maximum Gasteiger partial charge on any atom is 0.234 e. The van der Waals surface area contributed by atoms with E-state index in [-0.39, 0.29) is 11.8 Å². The van der Waals surface area contributed by atoms with Crippen molar-refractivity contribution in [3.8, 4) is 5.75 Å². The van der Waals surface area contributed by atoms with Crippen molar-refractivity contribution < 1.29 is 14.3 Å². The lowest BCUT2D eigenvalue weighted by atomic mass is 10.2. The van der Waals surface area contributed by atoms with Crippen LogP contribution in [-0.4, -0.2) is 24.2 Å². The van der Waals surface area contributed by atoms with E-state index in [0.717, 1.165) is 34.9 Å². The van der Waals surface area contributed by atoms with Gasteiger partial charge in [-0.2, -0.15) is 0 Å². The summed E-state index contributed by atoms with van der Waals surface area (Å²) in [6.45, 7) is 4.61. The van der Waals surface area contributed by atoms with Gasteiger partial charge < -0.3 is 15.4 Å². The molecule has 0 saturated carbocycles. The van der Waals surface area contributed by atoms with Gasteiger partial charge in [-0.05, 0) is 61.9 Å². The van der Waals surface area contributed by atoms with Crippen LogP contribution in [-0.2, 0) is 9.59 Å². The van der Waals surface area contributed by atoms with Gasteiger partial charge in [0.15, 0.2) is 0 Å². The Morgan fingerprint density at radius 2 is 1.48 bits per heavy atom. The van der Waals surface area contributed by atoms with Gasteiger partial charge in [0, 0.05) is 22.7 Å². The molecule has 0 aromatic heterocycles. The van der Waals surface area contributed by atoms with E-state index in [2.05, 4.69) is 17.6 Å². The van der Waals surface area contributed by atoms with Crippen molar-refractivity contribution in [2.75, 3.05) is 23.0 Å². The van der Waals surface area contributed by atoms with Crippen molar-refractivity contribution in [3.63, 3.8) is 0 Å². The zero-order chi connectivity index (χ0) is 19.5. The normalized spacial score (nSPS) is 10.3. The topological polar surface area (TPSA) is 67.4 Å². The van der Waals surface area contributed by atoms with E-state index in [1.807, 2.05) is 55.5 Å². The third kappa shape index (κ3) is 7.74. The lowest BCUT2D eigenvalue weighted by molar-refractivity contribution is -0.116. The van der Waals surface area contributed by atoms with Crippen molar-refractivity contribution in [3.05, 3.63) is 48.5 Å². The van der Waals surface area contributed by atoms with Crippen molar-refractivity contribution in [1.82, 2.24) is 0 Å². The molecule has 0 saturated heterocycles. The quantitative estimate of drug-likeness (QED) is 0.567. The predicted molar refractivity (Wildman–Crippen MR) is 112 cm³/mol. The average Bonchev–Trinajstić information content (AvgIpc) is 2.67. The zero-order valence-corrected chi connectivity index (χ0v) is 16.6. The monoisotopic (exact) mass is 386 g/mol. The molecule has 2 rings (SSSR count). The van der Waals surface area contributed by atoms with Crippen LogP contribution in [0.4, 0.5) is 11.4 Å². The number of hydrogen-bond acceptors (Lipinski definition) is 4. The van der Waals surface area contributed by atoms with E-state index in [1.165, 1.54) is 11.8 Å². The van der Waals surface area contributed by atoms with Crippen molar-refractivity contribution in [1.29, 1.82) is 0 Å². The second kappa shape index (κ2) is 11.3. The van der Waals surface area contributed by atoms with Crippen molar-refractivity contribution in [2.45, 2.75) is 38.0 Å². The van der Waals surface area contributed by atoms with Gasteiger partial charge in [-0.25, -0.2) is 0 Å². The van der Waals surface area contributed by atoms with Gasteiger partial charge in [0.1, 0.15) is 5.75 Å². The highest BCUT2D eigenvalue weighted by molar-refractivity contribution is 8.00. The van der Waals surface area contributed by atoms with Crippen LogP contribution in [0.25, 0.3) is 0 Å². The predicted octanol–water partition coefficient (Wildman–Crippen LogP) is 4.94. The second-order valence-electron chi connectivity index (χ2n) is 5.97. The molecule has 144 valence electrons. The summed E-state index contributed by atoms with van der Waals surface area (Å²) in [7, 11) is 0. The van der Waals surface area contributed by atoms with Gasteiger partial charge in [-0.15, -0.1) is 11.8 Å². The molecule has 0 heterocycles. The van der Waals surface area contributed by atoms with E-state index in [0.29, 0.717) is 18.8 Å². The number of hydrogen-bond donors (Lipinski definition) is 2. The van der Waals surface area contributed by atoms with Crippen molar-refractivity contribution in [2.24, 2.45) is 0 Å². The van der Waals surface area contributed by atoms with Crippen LogP contribution in [0, 0.1) is 0 Å². The Hall–Kier alpha value is -2.47. The molecule has 2 amide bonds. The highest BCUT2D eigenvalue weighted by atomic mass is 32.2. The molecule has 0 radical (unpaired) electrons. The minimum atomic E-state index is -0.0684. The first-order chi connectivity index (χ1) is 13.1. The third-order valence-corrected chi connectivity index (χ3v) is 4.73. The molecule has 0 aliphatic heterocycles. The third-order valence-electron chi connectivity index (χ3n) is 3.71. The van der Waals surface area contributed by atoms with E-state index in [1.54, 1.807) is 0 Å². The highest BCUT2D eigenvalue weighted by Gasteiger charge is 2.05. The van der Waals surface area contributed by atoms with E-state index in [4.69, 9.17) is 4.74 Å². The fourth-order valence-corrected chi connectivity index (χ4v) is 3.04. The lowest BCUT2D eigenvalue weighted by Crippen LogP contribution is -2.14. The van der Waals surface area contributed by atoms with Crippen LogP contribution in [0.5, 0.6) is 5.75 Å². The lowest BCUT2D eigenvalue weighted by Gasteiger charge is -2.08. The van der Waals surface area contributed by atoms with Crippen LogP contribution in [0.2, 0.25) is 0 Å². The minimum Gasteiger partial charge on any atom is -0.494 e. The molecule has 2 N–H and O–H groups in total. The number of ether oxygens (including phenoxy) is 1. The summed E-state index contributed by atoms with van der Waals surface area (Å²) >= 11 is 1.45. The summed E-state index contributed by atoms with van der Waals surface area (Å²) < 4.78 is 5.38. The Morgan fingerprint density at radius 1 is 0.889 bits per heavy atom. The van der Waals surface area contributed by atoms with Gasteiger partial charge in [0.25, 0.3) is 0 Å². The number of amides is 2. The number of carbonyl (C=O) groups excluding carboxylic acids is 2. The standard InChI is InChI=1S/C21H26N2O3S/c1-3-5-6-20(24)22-17-9-13-19(14-10-17)27-15-21(25)23-16-7-11-18(12-8-16)26-4-2/h7-14H,3-6,15H2,1-2H3,(H,22,24)(H,23,25). The molecule has 0 bridgehead atoms. The van der Waals surface area contributed by atoms with Gasteiger partial charge in [-0.3, -0.25) is 9.59 Å². The van der Waals surface area contributed by atoms with Gasteiger partial charge >= 0.3 is 0 Å². The maximum absolute atomic E-state index is 12.1. The smallest absolute Gasteiger partial charge is 0.234 e. The first-order valence-electron chi connectivity index (χ1n) is 9.16. The van der Waals surface area contributed by atoms with E-state index >= 15 is 0 Å². The van der Waals surface area contributed by atoms with Crippen LogP contribution >= 0.6 is 11.8 Å². The molecule has 0 atom stereocenters. The van der Waals surface area contributed by atoms with Crippen LogP contribution in [0.1, 0.15) is 33.1 Å². The van der Waals surface area contributed by atoms with Crippen LogP contribution < -0.4 is 15.4 Å². The molecule has 2 aromatic carbocycles. The minimum absolute atomic E-state index is 0.0342. The van der Waals surface area contributed by atoms with Crippen LogP contribution in [0.3, 0.4) is 0 Å². The SMILES string of the molecule is CCCCC(=O)Nc1ccc(SCC(=O)Nc2ccc(OCC)cc2)cc1. The maximum atomic E-state index is 12.1. The number of unbranched alkanes of at least 4 members (excludes halogenated alkanes) is 1. The number of anilines is 2. The molecule has 0 spiro atoms. The number of carbonyl (C=O) groups is 2. The van der Waals surface area contributed by atoms with Crippen LogP contribution in [0.15, 0.2) is 53.4 Å². The van der Waals surface area contributed by atoms with Gasteiger partial charge in [0.05, 0.1) is 12.4 Å². The van der Waals surface area contributed by atoms with Gasteiger partial charge in [-0.1, -0.05) is 13.3 Å². The summed E-state index contributed by atoms with van der Waals surface area (Å²) in [5.41, 5.74) is 1.52. The fraction of sp³-hybridized carbons (Fsp3) is 0.333. The first-order valence-corrected chi connectivity index (χ1v) is 10.1. The Kier molecular flexibility index (Phi) is 8.71. The molecule has 6 heteroatoms. The van der Waals surface area contributed by atoms with E-state index < -0.39 is 0 Å². The average molecular weight is 387 g/mol. The summed E-state index contributed by atoms with van der Waals surface area (Å²) in [6.07, 6.45) is 2.43. The molecule has 5 nitrogen and oxygen atoms in total. The molecule has 27 heavy (non-hydrogen) atoms. The fourth-order valence-electron chi connectivity index (χ4n) is 2.34. The van der Waals surface area contributed by atoms with Gasteiger partial charge in [0.2, 0.25) is 11.8 Å². The second-order valence-corrected chi connectivity index (χ2v) is 7.02. The molecule has 2 aromatic rings. The summed E-state index contributed by atoms with van der Waals surface area (Å²) in [5, 5.41) is 5.74. The molecule has 0 aliphatic rings. The highest BCUT2D eigenvalue weighted by Crippen LogP contribution is 2.21. The summed E-state index contributed by atoms with van der Waals surface area (Å²) in [4.78, 5) is 24.8. The summed E-state index contributed by atoms with van der Waals surface area (Å²) in [6, 6.07) is 14.8. The Labute approximate surface area is 164 Å². The number of nitrogens with one attached hydrogen (secondary N) is 2. The zero-order valence-electron chi connectivity index (χ0n) is 15.8. The number of thioether (sulfide) groups is 1. The molecular weight excluding hydrogens is 360 g/mol. The number of rotatable bonds is 10. The molecular formula is C21H26N2O3S. The number of benzene rings is 2. The Balaban J connectivity index is 1.76. The Morgan fingerprint density at radius 3 is 2.07 bits per heavy atom. The summed E-state index contributed by atoms with van der Waals surface area (Å²) in [5.74, 6) is 1.06.